The molecule has 0 saturated heterocycles. The Morgan fingerprint density at radius 3 is 2.56 bits per heavy atom. The van der Waals surface area contributed by atoms with Crippen LogP contribution in [0.3, 0.4) is 0 Å². The number of thioether (sulfide) groups is 1. The van der Waals surface area contributed by atoms with Gasteiger partial charge in [0.25, 0.3) is 5.91 Å². The Kier molecular flexibility index (Phi) is 9.85. The monoisotopic (exact) mass is 411 g/mol. The molecule has 146 valence electrons. The van der Waals surface area contributed by atoms with Gasteiger partial charge in [-0.1, -0.05) is 12.1 Å². The summed E-state index contributed by atoms with van der Waals surface area (Å²) < 4.78 is 12.9. The van der Waals surface area contributed by atoms with Crippen LogP contribution in [0.5, 0.6) is 0 Å². The maximum atomic E-state index is 12.9. The Bertz CT molecular complexity index is 759. The van der Waals surface area contributed by atoms with Crippen LogP contribution in [0.4, 0.5) is 10.1 Å². The van der Waals surface area contributed by atoms with E-state index in [4.69, 9.17) is 5.73 Å². The van der Waals surface area contributed by atoms with Gasteiger partial charge < -0.3 is 16.4 Å². The predicted molar refractivity (Wildman–Crippen MR) is 111 cm³/mol. The number of carbonyl (C=O) groups is 2. The van der Waals surface area contributed by atoms with Crippen molar-refractivity contribution >= 4 is 41.7 Å². The molecule has 0 unspecified atom stereocenters. The van der Waals surface area contributed by atoms with E-state index in [0.717, 1.165) is 11.3 Å². The van der Waals surface area contributed by atoms with Crippen molar-refractivity contribution in [1.29, 1.82) is 0 Å². The van der Waals surface area contributed by atoms with Crippen LogP contribution in [-0.4, -0.2) is 29.9 Å². The molecule has 5 nitrogen and oxygen atoms in total. The summed E-state index contributed by atoms with van der Waals surface area (Å²) in [6, 6.07) is 11.9. The van der Waals surface area contributed by atoms with E-state index >= 15 is 0 Å². The smallest absolute Gasteiger partial charge is 0.255 e. The Morgan fingerprint density at radius 1 is 1.19 bits per heavy atom. The molecule has 0 radical (unpaired) electrons. The van der Waals surface area contributed by atoms with Crippen LogP contribution in [0, 0.1) is 5.82 Å². The number of nitrogens with one attached hydrogen (secondary N) is 2. The lowest BCUT2D eigenvalue weighted by Crippen LogP contribution is -2.40. The molecule has 8 heteroatoms. The lowest BCUT2D eigenvalue weighted by Gasteiger charge is -2.12. The van der Waals surface area contributed by atoms with Crippen molar-refractivity contribution in [1.82, 2.24) is 5.32 Å². The molecule has 2 aromatic carbocycles. The van der Waals surface area contributed by atoms with Crippen molar-refractivity contribution in [3.05, 3.63) is 65.5 Å². The SMILES string of the molecule is CSCC[C@H](N)C(=O)NCc1cccc(NC(=O)c2ccc(F)cc2)c1.Cl. The molecular formula is C19H23ClFN3O2S. The minimum atomic E-state index is -0.524. The number of hydrogen-bond donors (Lipinski definition) is 3. The van der Waals surface area contributed by atoms with Crippen molar-refractivity contribution in [2.24, 2.45) is 5.73 Å². The van der Waals surface area contributed by atoms with E-state index < -0.39 is 11.9 Å². The van der Waals surface area contributed by atoms with Gasteiger partial charge in [-0.3, -0.25) is 9.59 Å². The molecule has 0 aromatic heterocycles. The first-order valence-corrected chi connectivity index (χ1v) is 9.57. The second kappa shape index (κ2) is 11.6. The molecule has 0 aliphatic heterocycles. The second-order valence-electron chi connectivity index (χ2n) is 5.77. The Morgan fingerprint density at radius 2 is 1.89 bits per heavy atom. The van der Waals surface area contributed by atoms with Gasteiger partial charge in [0.2, 0.25) is 5.91 Å². The largest absolute Gasteiger partial charge is 0.351 e. The summed E-state index contributed by atoms with van der Waals surface area (Å²) in [5.74, 6) is -0.0837. The molecule has 0 bridgehead atoms. The fourth-order valence-corrected chi connectivity index (χ4v) is 2.75. The average molecular weight is 412 g/mol. The van der Waals surface area contributed by atoms with Gasteiger partial charge in [0, 0.05) is 17.8 Å². The van der Waals surface area contributed by atoms with Crippen LogP contribution < -0.4 is 16.4 Å². The lowest BCUT2D eigenvalue weighted by molar-refractivity contribution is -0.122. The number of amides is 2. The predicted octanol–water partition coefficient (Wildman–Crippen LogP) is 3.20. The van der Waals surface area contributed by atoms with Gasteiger partial charge in [-0.15, -0.1) is 12.4 Å². The minimum absolute atomic E-state index is 0. The van der Waals surface area contributed by atoms with E-state index in [1.54, 1.807) is 30.0 Å². The van der Waals surface area contributed by atoms with Crippen LogP contribution >= 0.6 is 24.2 Å². The number of halogens is 2. The third-order valence-electron chi connectivity index (χ3n) is 3.73. The summed E-state index contributed by atoms with van der Waals surface area (Å²) in [6.45, 7) is 0.325. The third kappa shape index (κ3) is 7.58. The average Bonchev–Trinajstić information content (AvgIpc) is 2.65. The van der Waals surface area contributed by atoms with E-state index in [0.29, 0.717) is 24.2 Å². The summed E-state index contributed by atoms with van der Waals surface area (Å²) in [7, 11) is 0. The van der Waals surface area contributed by atoms with Crippen LogP contribution in [-0.2, 0) is 11.3 Å². The summed E-state index contributed by atoms with van der Waals surface area (Å²) in [4.78, 5) is 24.1. The lowest BCUT2D eigenvalue weighted by atomic mass is 10.1. The van der Waals surface area contributed by atoms with Crippen LogP contribution in [0.1, 0.15) is 22.3 Å². The highest BCUT2D eigenvalue weighted by Crippen LogP contribution is 2.13. The molecule has 0 fully saturated rings. The molecule has 2 amide bonds. The highest BCUT2D eigenvalue weighted by molar-refractivity contribution is 7.98. The normalized spacial score (nSPS) is 11.2. The maximum absolute atomic E-state index is 12.9. The fourth-order valence-electron chi connectivity index (χ4n) is 2.26. The zero-order chi connectivity index (χ0) is 18.9. The van der Waals surface area contributed by atoms with Crippen molar-refractivity contribution in [2.45, 2.75) is 19.0 Å². The molecule has 4 N–H and O–H groups in total. The van der Waals surface area contributed by atoms with Gasteiger partial charge in [-0.05, 0) is 60.4 Å². The van der Waals surface area contributed by atoms with Crippen molar-refractivity contribution < 1.29 is 14.0 Å². The van der Waals surface area contributed by atoms with Gasteiger partial charge in [-0.2, -0.15) is 11.8 Å². The van der Waals surface area contributed by atoms with E-state index in [2.05, 4.69) is 10.6 Å². The van der Waals surface area contributed by atoms with Gasteiger partial charge in [-0.25, -0.2) is 4.39 Å². The summed E-state index contributed by atoms with van der Waals surface area (Å²) in [5.41, 5.74) is 7.63. The summed E-state index contributed by atoms with van der Waals surface area (Å²) >= 11 is 1.65. The Labute approximate surface area is 168 Å². The van der Waals surface area contributed by atoms with Gasteiger partial charge in [0.15, 0.2) is 0 Å². The number of hydrogen-bond acceptors (Lipinski definition) is 4. The standard InChI is InChI=1S/C19H22FN3O2S.ClH/c1-26-10-9-17(21)19(25)22-12-13-3-2-4-16(11-13)23-18(24)14-5-7-15(20)8-6-14;/h2-8,11,17H,9-10,12,21H2,1H3,(H,22,25)(H,23,24);1H/t17-;/m0./s1. The molecule has 27 heavy (non-hydrogen) atoms. The molecule has 2 aromatic rings. The zero-order valence-corrected chi connectivity index (χ0v) is 16.5. The molecule has 0 aliphatic rings. The molecule has 0 heterocycles. The number of rotatable bonds is 8. The first-order valence-electron chi connectivity index (χ1n) is 8.17. The third-order valence-corrected chi connectivity index (χ3v) is 4.37. The topological polar surface area (TPSA) is 84.2 Å². The number of anilines is 1. The number of nitrogens with two attached hydrogens (primary N) is 1. The van der Waals surface area contributed by atoms with E-state index in [1.807, 2.05) is 12.3 Å². The van der Waals surface area contributed by atoms with Crippen LogP contribution in [0.25, 0.3) is 0 Å². The van der Waals surface area contributed by atoms with Gasteiger partial charge in [0.1, 0.15) is 5.82 Å². The van der Waals surface area contributed by atoms with Gasteiger partial charge >= 0.3 is 0 Å². The second-order valence-corrected chi connectivity index (χ2v) is 6.75. The molecule has 0 spiro atoms. The molecular weight excluding hydrogens is 389 g/mol. The highest BCUT2D eigenvalue weighted by Gasteiger charge is 2.12. The van der Waals surface area contributed by atoms with Crippen LogP contribution in [0.2, 0.25) is 0 Å². The number of carbonyl (C=O) groups excluding carboxylic acids is 2. The fraction of sp³-hybridized carbons (Fsp3) is 0.263. The quantitative estimate of drug-likeness (QED) is 0.622. The maximum Gasteiger partial charge on any atom is 0.255 e. The molecule has 0 saturated carbocycles. The van der Waals surface area contributed by atoms with Crippen molar-refractivity contribution in [3.63, 3.8) is 0 Å². The van der Waals surface area contributed by atoms with E-state index in [-0.39, 0.29) is 24.2 Å². The van der Waals surface area contributed by atoms with Crippen LogP contribution in [0.15, 0.2) is 48.5 Å². The summed E-state index contributed by atoms with van der Waals surface area (Å²) in [5, 5.41) is 5.55. The Hall–Kier alpha value is -2.09. The molecule has 1 atom stereocenters. The minimum Gasteiger partial charge on any atom is -0.351 e. The number of benzene rings is 2. The summed E-state index contributed by atoms with van der Waals surface area (Å²) in [6.07, 6.45) is 2.59. The van der Waals surface area contributed by atoms with E-state index in [9.17, 15) is 14.0 Å². The zero-order valence-electron chi connectivity index (χ0n) is 14.9. The molecule has 2 rings (SSSR count). The van der Waals surface area contributed by atoms with Crippen molar-refractivity contribution in [2.75, 3.05) is 17.3 Å². The van der Waals surface area contributed by atoms with E-state index in [1.165, 1.54) is 24.3 Å². The van der Waals surface area contributed by atoms with Gasteiger partial charge in [0.05, 0.1) is 6.04 Å². The first kappa shape index (κ1) is 23.0. The van der Waals surface area contributed by atoms with Crippen molar-refractivity contribution in [3.8, 4) is 0 Å². The molecule has 0 aliphatic carbocycles. The highest BCUT2D eigenvalue weighted by atomic mass is 35.5. The first-order chi connectivity index (χ1) is 12.5. The Balaban J connectivity index is 0.00000364.